The molecule has 2 N–H and O–H groups in total. The number of pyridine rings is 1. The molecule has 0 aliphatic carbocycles. The Labute approximate surface area is 163 Å². The van der Waals surface area contributed by atoms with E-state index in [1.54, 1.807) is 0 Å². The summed E-state index contributed by atoms with van der Waals surface area (Å²) in [6.45, 7) is 0. The number of aromatic nitrogens is 3. The predicted molar refractivity (Wildman–Crippen MR) is 119 cm³/mol. The minimum absolute atomic E-state index is 0.936. The molecule has 0 bridgehead atoms. The molecule has 28 heavy (non-hydrogen) atoms. The highest BCUT2D eigenvalue weighted by Crippen LogP contribution is 2.21. The second kappa shape index (κ2) is 7.05. The number of rotatable bonds is 4. The van der Waals surface area contributed by atoms with Crippen molar-refractivity contribution in [1.82, 2.24) is 15.0 Å². The largest absolute Gasteiger partial charge is 0.361 e. The summed E-state index contributed by atoms with van der Waals surface area (Å²) in [6, 6.07) is 22.7. The van der Waals surface area contributed by atoms with Crippen molar-refractivity contribution in [3.8, 4) is 0 Å². The predicted octanol–water partition coefficient (Wildman–Crippen LogP) is 6.39. The highest BCUT2D eigenvalue weighted by atomic mass is 14.7. The summed E-state index contributed by atoms with van der Waals surface area (Å²) in [7, 11) is 0. The smallest absolute Gasteiger partial charge is 0.0637 e. The Kier molecular flexibility index (Phi) is 4.11. The van der Waals surface area contributed by atoms with E-state index in [4.69, 9.17) is 4.98 Å². The number of nitrogens with one attached hydrogen (secondary N) is 2. The van der Waals surface area contributed by atoms with E-state index in [-0.39, 0.29) is 0 Å². The van der Waals surface area contributed by atoms with Crippen molar-refractivity contribution in [3.63, 3.8) is 0 Å². The van der Waals surface area contributed by atoms with Gasteiger partial charge in [-0.05, 0) is 47.5 Å². The van der Waals surface area contributed by atoms with Crippen LogP contribution in [0.5, 0.6) is 0 Å². The summed E-state index contributed by atoms with van der Waals surface area (Å²) < 4.78 is 0. The molecule has 2 aromatic carbocycles. The molecular formula is C25H19N3. The summed E-state index contributed by atoms with van der Waals surface area (Å²) in [6.07, 6.45) is 12.4. The summed E-state index contributed by atoms with van der Waals surface area (Å²) >= 11 is 0. The molecule has 0 amide bonds. The molecule has 5 aromatic rings. The first-order valence-corrected chi connectivity index (χ1v) is 9.32. The molecule has 0 radical (unpaired) electrons. The lowest BCUT2D eigenvalue weighted by Crippen LogP contribution is -1.84. The van der Waals surface area contributed by atoms with Gasteiger partial charge in [-0.1, -0.05) is 54.6 Å². The van der Waals surface area contributed by atoms with Crippen LogP contribution in [0.1, 0.15) is 22.5 Å². The van der Waals surface area contributed by atoms with Crippen LogP contribution in [0.25, 0.3) is 46.1 Å². The fourth-order valence-electron chi connectivity index (χ4n) is 3.47. The lowest BCUT2D eigenvalue weighted by atomic mass is 10.1. The molecule has 0 atom stereocenters. The zero-order valence-corrected chi connectivity index (χ0v) is 15.3. The quantitative estimate of drug-likeness (QED) is 0.383. The Morgan fingerprint density at radius 1 is 0.536 bits per heavy atom. The Morgan fingerprint density at radius 2 is 1.04 bits per heavy atom. The van der Waals surface area contributed by atoms with E-state index in [0.29, 0.717) is 0 Å². The molecular weight excluding hydrogens is 342 g/mol. The Morgan fingerprint density at radius 3 is 1.57 bits per heavy atom. The number of aromatic amines is 2. The van der Waals surface area contributed by atoms with Crippen LogP contribution in [0.3, 0.4) is 0 Å². The fraction of sp³-hybridized carbons (Fsp3) is 0. The first-order valence-electron chi connectivity index (χ1n) is 9.32. The zero-order chi connectivity index (χ0) is 18.8. The van der Waals surface area contributed by atoms with Crippen LogP contribution >= 0.6 is 0 Å². The first-order chi connectivity index (χ1) is 13.9. The summed E-state index contributed by atoms with van der Waals surface area (Å²) in [5.74, 6) is 0. The van der Waals surface area contributed by atoms with Crippen molar-refractivity contribution >= 4 is 46.1 Å². The average Bonchev–Trinajstić information content (AvgIpc) is 3.35. The first kappa shape index (κ1) is 16.3. The molecule has 0 aliphatic heterocycles. The second-order valence-corrected chi connectivity index (χ2v) is 6.73. The number of hydrogen-bond acceptors (Lipinski definition) is 1. The van der Waals surface area contributed by atoms with Gasteiger partial charge in [-0.3, -0.25) is 0 Å². The van der Waals surface area contributed by atoms with Crippen molar-refractivity contribution in [2.24, 2.45) is 0 Å². The molecule has 0 fully saturated rings. The third-order valence-electron chi connectivity index (χ3n) is 4.90. The van der Waals surface area contributed by atoms with Gasteiger partial charge in [-0.2, -0.15) is 0 Å². The van der Waals surface area contributed by atoms with Gasteiger partial charge in [-0.25, -0.2) is 4.98 Å². The number of H-pyrrole nitrogens is 2. The second-order valence-electron chi connectivity index (χ2n) is 6.73. The van der Waals surface area contributed by atoms with E-state index >= 15 is 0 Å². The molecule has 3 heterocycles. The van der Waals surface area contributed by atoms with Crippen LogP contribution in [-0.4, -0.2) is 15.0 Å². The van der Waals surface area contributed by atoms with Crippen molar-refractivity contribution in [2.75, 3.05) is 0 Å². The maximum absolute atomic E-state index is 4.74. The summed E-state index contributed by atoms with van der Waals surface area (Å²) in [5.41, 5.74) is 6.49. The van der Waals surface area contributed by atoms with Crippen LogP contribution in [0.15, 0.2) is 79.1 Å². The molecule has 0 saturated carbocycles. The maximum atomic E-state index is 4.74. The van der Waals surface area contributed by atoms with E-state index < -0.39 is 0 Å². The zero-order valence-electron chi connectivity index (χ0n) is 15.3. The topological polar surface area (TPSA) is 44.5 Å². The lowest BCUT2D eigenvalue weighted by Gasteiger charge is -1.97. The van der Waals surface area contributed by atoms with Gasteiger partial charge in [0.2, 0.25) is 0 Å². The van der Waals surface area contributed by atoms with Gasteiger partial charge < -0.3 is 9.97 Å². The number of nitrogens with zero attached hydrogens (tertiary/aromatic N) is 1. The molecule has 5 rings (SSSR count). The molecule has 0 spiro atoms. The van der Waals surface area contributed by atoms with Gasteiger partial charge in [0.05, 0.1) is 11.4 Å². The van der Waals surface area contributed by atoms with Crippen molar-refractivity contribution in [1.29, 1.82) is 0 Å². The SMILES string of the molecule is C(=Cc1c[nH]c2ccccc12)c1cccc(C=Cc2c[nH]c3ccccc23)n1. The third-order valence-corrected chi connectivity index (χ3v) is 4.90. The van der Waals surface area contributed by atoms with Crippen molar-refractivity contribution in [2.45, 2.75) is 0 Å². The van der Waals surface area contributed by atoms with Gasteiger partial charge in [0.1, 0.15) is 0 Å². The molecule has 3 aromatic heterocycles. The molecule has 3 heteroatoms. The van der Waals surface area contributed by atoms with E-state index in [2.05, 4.69) is 70.7 Å². The number of fused-ring (bicyclic) bond motifs is 2. The minimum atomic E-state index is 0.936. The van der Waals surface area contributed by atoms with Gasteiger partial charge in [0.15, 0.2) is 0 Å². The van der Waals surface area contributed by atoms with Gasteiger partial charge in [0, 0.05) is 34.2 Å². The lowest BCUT2D eigenvalue weighted by molar-refractivity contribution is 1.27. The van der Waals surface area contributed by atoms with E-state index in [9.17, 15) is 0 Å². The van der Waals surface area contributed by atoms with Crippen LogP contribution in [-0.2, 0) is 0 Å². The van der Waals surface area contributed by atoms with Crippen molar-refractivity contribution < 1.29 is 0 Å². The van der Waals surface area contributed by atoms with Gasteiger partial charge in [0.25, 0.3) is 0 Å². The van der Waals surface area contributed by atoms with E-state index in [0.717, 1.165) is 33.5 Å². The molecule has 134 valence electrons. The normalized spacial score (nSPS) is 12.0. The molecule has 3 nitrogen and oxygen atoms in total. The molecule has 0 unspecified atom stereocenters. The maximum Gasteiger partial charge on any atom is 0.0637 e. The molecule has 0 aliphatic rings. The Hall–Kier alpha value is -3.85. The van der Waals surface area contributed by atoms with Crippen molar-refractivity contribution in [3.05, 3.63) is 102 Å². The number of para-hydroxylation sites is 2. The third kappa shape index (κ3) is 3.14. The monoisotopic (exact) mass is 361 g/mol. The van der Waals surface area contributed by atoms with Crippen LogP contribution < -0.4 is 0 Å². The van der Waals surface area contributed by atoms with Gasteiger partial charge in [-0.15, -0.1) is 0 Å². The average molecular weight is 361 g/mol. The van der Waals surface area contributed by atoms with E-state index in [1.165, 1.54) is 10.8 Å². The van der Waals surface area contributed by atoms with Crippen LogP contribution in [0.2, 0.25) is 0 Å². The number of benzene rings is 2. The fourth-order valence-corrected chi connectivity index (χ4v) is 3.47. The highest BCUT2D eigenvalue weighted by Gasteiger charge is 2.01. The van der Waals surface area contributed by atoms with Gasteiger partial charge >= 0.3 is 0 Å². The summed E-state index contributed by atoms with van der Waals surface area (Å²) in [4.78, 5) is 11.3. The Balaban J connectivity index is 1.40. The summed E-state index contributed by atoms with van der Waals surface area (Å²) in [5, 5.41) is 2.43. The van der Waals surface area contributed by atoms with E-state index in [1.807, 2.05) is 42.7 Å². The highest BCUT2D eigenvalue weighted by molar-refractivity contribution is 5.92. The molecule has 0 saturated heterocycles. The standard InChI is InChI=1S/C25H19N3/c1-3-10-24-22(8-1)18(16-26-24)12-14-20-6-5-7-21(28-20)15-13-19-17-27-25-11-4-2-9-23(19)25/h1-17,26-27H. The van der Waals surface area contributed by atoms with Crippen LogP contribution in [0.4, 0.5) is 0 Å². The number of hydrogen-bond donors (Lipinski definition) is 2. The van der Waals surface area contributed by atoms with Crippen LogP contribution in [0, 0.1) is 0 Å². The minimum Gasteiger partial charge on any atom is -0.361 e. The Bertz CT molecular complexity index is 1220.